The van der Waals surface area contributed by atoms with Crippen LogP contribution in [0.3, 0.4) is 0 Å². The third-order valence-electron chi connectivity index (χ3n) is 5.95. The summed E-state index contributed by atoms with van der Waals surface area (Å²) < 4.78 is 1.18. The van der Waals surface area contributed by atoms with Crippen molar-refractivity contribution >= 4 is 22.6 Å². The van der Waals surface area contributed by atoms with Crippen molar-refractivity contribution in [3.8, 4) is 0 Å². The van der Waals surface area contributed by atoms with Crippen molar-refractivity contribution in [2.45, 2.75) is 30.8 Å². The highest BCUT2D eigenvalue weighted by Crippen LogP contribution is 2.42. The number of hydrogen-bond donors (Lipinski definition) is 0. The maximum Gasteiger partial charge on any atom is 0.0330 e. The Labute approximate surface area is 176 Å². The zero-order chi connectivity index (χ0) is 18.5. The fourth-order valence-corrected chi connectivity index (χ4v) is 5.48. The lowest BCUT2D eigenvalue weighted by Crippen LogP contribution is -2.51. The van der Waals surface area contributed by atoms with Crippen LogP contribution in [0.1, 0.15) is 29.5 Å². The number of likely N-dealkylation sites (tertiary alicyclic amines) is 1. The molecule has 2 heteroatoms. The van der Waals surface area contributed by atoms with Crippen molar-refractivity contribution in [3.05, 3.63) is 108 Å². The molecule has 1 aliphatic heterocycles. The number of alkyl halides is 1. The van der Waals surface area contributed by atoms with Crippen LogP contribution in [-0.4, -0.2) is 21.9 Å². The summed E-state index contributed by atoms with van der Waals surface area (Å²) in [6.07, 6.45) is 2.44. The Morgan fingerprint density at radius 1 is 0.778 bits per heavy atom. The van der Waals surface area contributed by atoms with Gasteiger partial charge in [0.05, 0.1) is 0 Å². The Balaban J connectivity index is 1.73. The first-order valence-corrected chi connectivity index (χ1v) is 11.3. The maximum atomic E-state index is 2.71. The van der Waals surface area contributed by atoms with Crippen molar-refractivity contribution in [1.82, 2.24) is 4.90 Å². The van der Waals surface area contributed by atoms with Crippen LogP contribution in [0.25, 0.3) is 0 Å². The predicted molar refractivity (Wildman–Crippen MR) is 122 cm³/mol. The topological polar surface area (TPSA) is 3.24 Å². The van der Waals surface area contributed by atoms with E-state index >= 15 is 0 Å². The highest BCUT2D eigenvalue weighted by atomic mass is 127. The fraction of sp³-hybridized carbons (Fsp3) is 0.280. The summed E-state index contributed by atoms with van der Waals surface area (Å²) in [5.41, 5.74) is 4.37. The van der Waals surface area contributed by atoms with Crippen molar-refractivity contribution in [2.24, 2.45) is 0 Å². The minimum absolute atomic E-state index is 0.0691. The summed E-state index contributed by atoms with van der Waals surface area (Å²) in [6.45, 7) is 2.10. The van der Waals surface area contributed by atoms with Gasteiger partial charge in [-0.15, -0.1) is 0 Å². The van der Waals surface area contributed by atoms with E-state index in [1.54, 1.807) is 0 Å². The second kappa shape index (κ2) is 8.57. The number of piperidine rings is 1. The van der Waals surface area contributed by atoms with Crippen LogP contribution < -0.4 is 0 Å². The number of benzene rings is 3. The fourth-order valence-electron chi connectivity index (χ4n) is 4.48. The van der Waals surface area contributed by atoms with E-state index in [2.05, 4.69) is 118 Å². The highest BCUT2D eigenvalue weighted by molar-refractivity contribution is 14.1. The first kappa shape index (κ1) is 18.7. The molecule has 0 spiro atoms. The lowest BCUT2D eigenvalue weighted by molar-refractivity contribution is 0.110. The highest BCUT2D eigenvalue weighted by Gasteiger charge is 2.41. The van der Waals surface area contributed by atoms with E-state index in [1.165, 1.54) is 34.0 Å². The first-order chi connectivity index (χ1) is 13.3. The summed E-state index contributed by atoms with van der Waals surface area (Å²) in [4.78, 5) is 2.71. The van der Waals surface area contributed by atoms with Gasteiger partial charge in [0.15, 0.2) is 0 Å². The molecule has 1 heterocycles. The molecule has 4 rings (SSSR count). The van der Waals surface area contributed by atoms with Crippen LogP contribution >= 0.6 is 22.6 Å². The second-order valence-corrected chi connectivity index (χ2v) is 8.43. The van der Waals surface area contributed by atoms with E-state index in [0.717, 1.165) is 13.1 Å². The summed E-state index contributed by atoms with van der Waals surface area (Å²) in [5.74, 6) is 0. The normalized spacial score (nSPS) is 19.7. The largest absolute Gasteiger partial charge is 0.294 e. The van der Waals surface area contributed by atoms with Gasteiger partial charge < -0.3 is 0 Å². The quantitative estimate of drug-likeness (QED) is 0.325. The molecule has 0 N–H and O–H groups in total. The third-order valence-corrected chi connectivity index (χ3v) is 6.97. The van der Waals surface area contributed by atoms with Gasteiger partial charge in [-0.05, 0) is 29.5 Å². The molecule has 0 radical (unpaired) electrons. The smallest absolute Gasteiger partial charge is 0.0330 e. The molecule has 0 aromatic heterocycles. The van der Waals surface area contributed by atoms with Gasteiger partial charge in [-0.3, -0.25) is 4.90 Å². The molecule has 0 amide bonds. The number of halogens is 1. The summed E-state index contributed by atoms with van der Waals surface area (Å²) in [7, 11) is 0. The number of nitrogens with zero attached hydrogens (tertiary/aromatic N) is 1. The molecule has 0 bridgehead atoms. The Kier molecular flexibility index (Phi) is 5.94. The van der Waals surface area contributed by atoms with Crippen molar-refractivity contribution in [1.29, 1.82) is 0 Å². The van der Waals surface area contributed by atoms with E-state index in [0.29, 0.717) is 6.04 Å². The van der Waals surface area contributed by atoms with Gasteiger partial charge >= 0.3 is 0 Å². The zero-order valence-electron chi connectivity index (χ0n) is 15.6. The van der Waals surface area contributed by atoms with E-state index in [1.807, 2.05) is 0 Å². The molecule has 0 aliphatic carbocycles. The molecule has 27 heavy (non-hydrogen) atoms. The lowest BCUT2D eigenvalue weighted by atomic mass is 9.68. The standard InChI is InChI=1S/C25H26IN/c26-18-24-16-17-25(22-12-6-2-7-13-22,23-14-8-3-9-15-23)20-27(24)19-21-10-4-1-5-11-21/h1-15,24H,16-20H2. The molecule has 138 valence electrons. The SMILES string of the molecule is ICC1CCC(c2ccccc2)(c2ccccc2)CN1Cc1ccccc1. The predicted octanol–water partition coefficient (Wildman–Crippen LogP) is 6.07. The van der Waals surface area contributed by atoms with Gasteiger partial charge in [-0.2, -0.15) is 0 Å². The lowest BCUT2D eigenvalue weighted by Gasteiger charge is -2.47. The van der Waals surface area contributed by atoms with Crippen LogP contribution in [0.4, 0.5) is 0 Å². The molecule has 0 saturated carbocycles. The molecule has 3 aromatic carbocycles. The van der Waals surface area contributed by atoms with E-state index in [9.17, 15) is 0 Å². The minimum Gasteiger partial charge on any atom is -0.294 e. The zero-order valence-corrected chi connectivity index (χ0v) is 17.8. The Bertz CT molecular complexity index is 792. The van der Waals surface area contributed by atoms with Crippen LogP contribution in [0.5, 0.6) is 0 Å². The Hall–Kier alpha value is -1.65. The second-order valence-electron chi connectivity index (χ2n) is 7.55. The molecule has 1 fully saturated rings. The summed E-state index contributed by atoms with van der Waals surface area (Å²) >= 11 is 2.56. The van der Waals surface area contributed by atoms with Crippen molar-refractivity contribution in [3.63, 3.8) is 0 Å². The maximum absolute atomic E-state index is 2.71. The molecule has 1 nitrogen and oxygen atoms in total. The number of rotatable bonds is 5. The van der Waals surface area contributed by atoms with E-state index in [-0.39, 0.29) is 5.41 Å². The van der Waals surface area contributed by atoms with Crippen molar-refractivity contribution in [2.75, 3.05) is 11.0 Å². The molecule has 1 atom stereocenters. The molecular weight excluding hydrogens is 441 g/mol. The van der Waals surface area contributed by atoms with Gasteiger partial charge in [0.25, 0.3) is 0 Å². The molecule has 3 aromatic rings. The Morgan fingerprint density at radius 2 is 1.30 bits per heavy atom. The van der Waals surface area contributed by atoms with Crippen molar-refractivity contribution < 1.29 is 0 Å². The Morgan fingerprint density at radius 3 is 1.81 bits per heavy atom. The van der Waals surface area contributed by atoms with E-state index < -0.39 is 0 Å². The minimum atomic E-state index is 0.0691. The van der Waals surface area contributed by atoms with Gasteiger partial charge in [-0.1, -0.05) is 114 Å². The average Bonchev–Trinajstić information content (AvgIpc) is 2.75. The van der Waals surface area contributed by atoms with Gasteiger partial charge in [0.1, 0.15) is 0 Å². The summed E-state index contributed by atoms with van der Waals surface area (Å²) in [5, 5.41) is 0. The first-order valence-electron chi connectivity index (χ1n) is 9.77. The van der Waals surface area contributed by atoms with E-state index in [4.69, 9.17) is 0 Å². The molecule has 1 saturated heterocycles. The van der Waals surface area contributed by atoms with Gasteiger partial charge in [0.2, 0.25) is 0 Å². The third kappa shape index (κ3) is 3.97. The van der Waals surface area contributed by atoms with Crippen LogP contribution in [0.15, 0.2) is 91.0 Å². The molecule has 1 unspecified atom stereocenters. The van der Waals surface area contributed by atoms with Crippen LogP contribution in [-0.2, 0) is 12.0 Å². The van der Waals surface area contributed by atoms with Gasteiger partial charge in [-0.25, -0.2) is 0 Å². The molecule has 1 aliphatic rings. The van der Waals surface area contributed by atoms with Gasteiger partial charge in [0, 0.05) is 29.0 Å². The monoisotopic (exact) mass is 467 g/mol. The molecular formula is C25H26IN. The van der Waals surface area contributed by atoms with Crippen LogP contribution in [0.2, 0.25) is 0 Å². The number of hydrogen-bond acceptors (Lipinski definition) is 1. The summed E-state index contributed by atoms with van der Waals surface area (Å²) in [6, 6.07) is 33.8. The average molecular weight is 467 g/mol. The van der Waals surface area contributed by atoms with Crippen LogP contribution in [0, 0.1) is 0 Å².